The fraction of sp³-hybridized carbons (Fsp3) is 0. The molecule has 3 aromatic heterocycles. The quantitative estimate of drug-likeness (QED) is 0.194. The maximum atomic E-state index is 8.93. The zero-order chi connectivity index (χ0) is 33.6. The first kappa shape index (κ1) is 20.1. The number of fused-ring (bicyclic) bond motifs is 7. The van der Waals surface area contributed by atoms with Gasteiger partial charge in [-0.15, -0.1) is 11.3 Å². The van der Waals surface area contributed by atoms with E-state index in [2.05, 4.69) is 41.2 Å². The van der Waals surface area contributed by atoms with Crippen molar-refractivity contribution in [3.05, 3.63) is 145 Å². The first-order chi connectivity index (χ1) is 23.8. The van der Waals surface area contributed by atoms with E-state index in [4.69, 9.17) is 23.4 Å². The molecule has 0 radical (unpaired) electrons. The Bertz CT molecular complexity index is 2880. The SMILES string of the molecule is [2H]c1c([2H])c([2H])c(-c2nc3sc4cc(-c5ccc([N+]#[C-])cc5)ccc4c3nc2-n2c3ccccc3c3cc4ccccc4cc32)c([2H])c1[2H]. The molecule has 0 aliphatic carbocycles. The first-order valence-electron chi connectivity index (χ1n) is 16.5. The molecular weight excluding hydrogens is 557 g/mol. The average Bonchev–Trinajstić information content (AvgIpc) is 3.65. The summed E-state index contributed by atoms with van der Waals surface area (Å²) in [7, 11) is 0. The lowest BCUT2D eigenvalue weighted by Gasteiger charge is -2.13. The van der Waals surface area contributed by atoms with Crippen LogP contribution in [0.25, 0.3) is 86.1 Å². The van der Waals surface area contributed by atoms with Crippen molar-refractivity contribution in [2.24, 2.45) is 0 Å². The lowest BCUT2D eigenvalue weighted by molar-refractivity contribution is 1.09. The minimum atomic E-state index is -0.462. The van der Waals surface area contributed by atoms with Crippen LogP contribution in [0.4, 0.5) is 5.69 Å². The van der Waals surface area contributed by atoms with Crippen LogP contribution in [0.15, 0.2) is 133 Å². The highest BCUT2D eigenvalue weighted by molar-refractivity contribution is 7.25. The average molecular weight is 584 g/mol. The van der Waals surface area contributed by atoms with Crippen molar-refractivity contribution >= 4 is 70.0 Å². The maximum Gasteiger partial charge on any atom is 0.187 e. The van der Waals surface area contributed by atoms with Gasteiger partial charge in [0.15, 0.2) is 11.5 Å². The fourth-order valence-electron chi connectivity index (χ4n) is 6.05. The Labute approximate surface area is 264 Å². The van der Waals surface area contributed by atoms with E-state index in [-0.39, 0.29) is 23.3 Å². The largest absolute Gasteiger partial charge is 0.292 e. The van der Waals surface area contributed by atoms with E-state index in [1.165, 1.54) is 11.3 Å². The van der Waals surface area contributed by atoms with Crippen molar-refractivity contribution in [3.63, 3.8) is 0 Å². The molecule has 0 spiro atoms. The minimum absolute atomic E-state index is 0.000151. The Hall–Kier alpha value is -5.83. The molecule has 0 saturated carbocycles. The number of hydrogen-bond donors (Lipinski definition) is 0. The normalized spacial score (nSPS) is 13.2. The first-order valence-corrected chi connectivity index (χ1v) is 14.9. The third kappa shape index (κ3) is 3.75. The highest BCUT2D eigenvalue weighted by Gasteiger charge is 2.21. The number of hydrogen-bond acceptors (Lipinski definition) is 3. The van der Waals surface area contributed by atoms with Gasteiger partial charge in [-0.2, -0.15) is 0 Å². The van der Waals surface area contributed by atoms with Gasteiger partial charge in [0.1, 0.15) is 16.0 Å². The minimum Gasteiger partial charge on any atom is -0.292 e. The van der Waals surface area contributed by atoms with E-state index < -0.39 is 18.1 Å². The molecule has 44 heavy (non-hydrogen) atoms. The van der Waals surface area contributed by atoms with Crippen LogP contribution in [0.5, 0.6) is 0 Å². The number of para-hydroxylation sites is 1. The summed E-state index contributed by atoms with van der Waals surface area (Å²) in [5.74, 6) is 0.381. The molecule has 3 heterocycles. The van der Waals surface area contributed by atoms with Gasteiger partial charge in [-0.1, -0.05) is 109 Å². The molecule has 0 amide bonds. The van der Waals surface area contributed by atoms with Gasteiger partial charge >= 0.3 is 0 Å². The van der Waals surface area contributed by atoms with Gasteiger partial charge in [-0.3, -0.25) is 4.57 Å². The Balaban J connectivity index is 1.40. The van der Waals surface area contributed by atoms with Crippen LogP contribution in [0.2, 0.25) is 0 Å². The topological polar surface area (TPSA) is 35.1 Å². The standard InChI is InChI=1S/C39H22N4S/c1-40-29-18-15-24(16-19-29)28-17-20-31-35(23-28)44-39-37(31)41-38(36(42-39)25-9-3-2-4-10-25)43-33-14-8-7-13-30(33)32-21-26-11-5-6-12-27(26)22-34(32)43/h2-23H/i2D,3D,4D,9D,10D. The van der Waals surface area contributed by atoms with Gasteiger partial charge in [-0.25, -0.2) is 14.8 Å². The predicted molar refractivity (Wildman–Crippen MR) is 184 cm³/mol. The second-order valence-corrected chi connectivity index (χ2v) is 11.6. The molecule has 0 saturated heterocycles. The number of aromatic nitrogens is 3. The molecule has 0 bridgehead atoms. The molecule has 4 nitrogen and oxygen atoms in total. The van der Waals surface area contributed by atoms with E-state index in [1.807, 2.05) is 59.2 Å². The van der Waals surface area contributed by atoms with Crippen molar-refractivity contribution in [2.75, 3.05) is 0 Å². The van der Waals surface area contributed by atoms with Crippen LogP contribution in [0, 0.1) is 6.57 Å². The smallest absolute Gasteiger partial charge is 0.187 e. The van der Waals surface area contributed by atoms with Gasteiger partial charge in [0.25, 0.3) is 0 Å². The van der Waals surface area contributed by atoms with Crippen LogP contribution in [-0.2, 0) is 0 Å². The van der Waals surface area contributed by atoms with E-state index in [0.717, 1.165) is 53.8 Å². The van der Waals surface area contributed by atoms with Crippen molar-refractivity contribution in [1.29, 1.82) is 0 Å². The molecule has 0 atom stereocenters. The Morgan fingerprint density at radius 3 is 2.23 bits per heavy atom. The van der Waals surface area contributed by atoms with E-state index in [9.17, 15) is 0 Å². The molecule has 0 N–H and O–H groups in total. The Morgan fingerprint density at radius 2 is 1.41 bits per heavy atom. The molecular formula is C39H22N4S. The number of benzene rings is 6. The van der Waals surface area contributed by atoms with Crippen LogP contribution in [-0.4, -0.2) is 14.5 Å². The Kier molecular flexibility index (Phi) is 4.39. The van der Waals surface area contributed by atoms with Crippen LogP contribution < -0.4 is 0 Å². The molecule has 0 fully saturated rings. The van der Waals surface area contributed by atoms with E-state index in [0.29, 0.717) is 21.9 Å². The predicted octanol–water partition coefficient (Wildman–Crippen LogP) is 11.0. The second-order valence-electron chi connectivity index (χ2n) is 10.6. The summed E-state index contributed by atoms with van der Waals surface area (Å²) in [4.78, 5) is 14.5. The lowest BCUT2D eigenvalue weighted by atomic mass is 10.0. The van der Waals surface area contributed by atoms with Gasteiger partial charge in [0.2, 0.25) is 0 Å². The lowest BCUT2D eigenvalue weighted by Crippen LogP contribution is -2.03. The number of thiophene rings is 1. The van der Waals surface area contributed by atoms with Gasteiger partial charge in [0, 0.05) is 26.4 Å². The van der Waals surface area contributed by atoms with Crippen LogP contribution in [0.1, 0.15) is 6.85 Å². The van der Waals surface area contributed by atoms with Gasteiger partial charge in [0.05, 0.1) is 24.5 Å². The summed E-state index contributed by atoms with van der Waals surface area (Å²) in [5.41, 5.74) is 5.13. The zero-order valence-corrected chi connectivity index (χ0v) is 23.8. The van der Waals surface area contributed by atoms with Crippen LogP contribution in [0.3, 0.4) is 0 Å². The third-order valence-corrected chi connectivity index (χ3v) is 9.14. The van der Waals surface area contributed by atoms with Gasteiger partial charge in [-0.05, 0) is 46.2 Å². The van der Waals surface area contributed by atoms with Crippen molar-refractivity contribution < 1.29 is 6.85 Å². The highest BCUT2D eigenvalue weighted by atomic mass is 32.1. The monoisotopic (exact) mass is 583 g/mol. The fourth-order valence-corrected chi connectivity index (χ4v) is 7.11. The highest BCUT2D eigenvalue weighted by Crippen LogP contribution is 2.40. The summed E-state index contributed by atoms with van der Waals surface area (Å²) in [5, 5.41) is 5.03. The number of rotatable bonds is 3. The summed E-state index contributed by atoms with van der Waals surface area (Å²) >= 11 is 1.44. The van der Waals surface area contributed by atoms with Crippen molar-refractivity contribution in [2.45, 2.75) is 0 Å². The molecule has 6 aromatic carbocycles. The molecule has 5 heteroatoms. The summed E-state index contributed by atoms with van der Waals surface area (Å²) < 4.78 is 46.0. The van der Waals surface area contributed by atoms with E-state index in [1.54, 1.807) is 12.1 Å². The number of nitrogens with zero attached hydrogens (tertiary/aromatic N) is 4. The molecule has 0 aliphatic rings. The summed E-state index contributed by atoms with van der Waals surface area (Å²) in [6, 6.07) is 32.0. The third-order valence-electron chi connectivity index (χ3n) is 8.11. The Morgan fingerprint density at radius 1 is 0.659 bits per heavy atom. The molecule has 204 valence electrons. The van der Waals surface area contributed by atoms with E-state index >= 15 is 0 Å². The summed E-state index contributed by atoms with van der Waals surface area (Å²) in [6.45, 7) is 7.28. The van der Waals surface area contributed by atoms with Crippen molar-refractivity contribution in [1.82, 2.24) is 14.5 Å². The van der Waals surface area contributed by atoms with Gasteiger partial charge < -0.3 is 0 Å². The summed E-state index contributed by atoms with van der Waals surface area (Å²) in [6.07, 6.45) is 0. The second kappa shape index (κ2) is 9.60. The zero-order valence-electron chi connectivity index (χ0n) is 28.0. The molecule has 0 aliphatic heterocycles. The molecule has 0 unspecified atom stereocenters. The van der Waals surface area contributed by atoms with Crippen molar-refractivity contribution in [3.8, 4) is 28.2 Å². The van der Waals surface area contributed by atoms with Crippen LogP contribution >= 0.6 is 11.3 Å². The molecule has 9 aromatic rings. The maximum absolute atomic E-state index is 8.93. The molecule has 9 rings (SSSR count).